The van der Waals surface area contributed by atoms with Crippen LogP contribution in [-0.4, -0.2) is 28.5 Å². The third kappa shape index (κ3) is 5.00. The smallest absolute Gasteiger partial charge is 0.262 e. The van der Waals surface area contributed by atoms with Gasteiger partial charge in [0, 0.05) is 11.4 Å². The van der Waals surface area contributed by atoms with Gasteiger partial charge in [0.05, 0.1) is 11.9 Å². The van der Waals surface area contributed by atoms with E-state index in [2.05, 4.69) is 11.8 Å². The first-order valence-electron chi connectivity index (χ1n) is 10.8. The van der Waals surface area contributed by atoms with Crippen molar-refractivity contribution in [2.75, 3.05) is 14.1 Å². The van der Waals surface area contributed by atoms with Crippen LogP contribution in [0.25, 0.3) is 10.2 Å². The number of nitrogens with zero attached hydrogens (tertiary/aromatic N) is 3. The maximum absolute atomic E-state index is 13.4. The number of hydrogen-bond donors (Lipinski definition) is 0. The molecule has 2 aromatic rings. The van der Waals surface area contributed by atoms with Crippen molar-refractivity contribution in [2.45, 2.75) is 90.6 Å². The van der Waals surface area contributed by atoms with Crippen molar-refractivity contribution in [3.63, 3.8) is 0 Å². The Morgan fingerprint density at radius 2 is 1.74 bits per heavy atom. The summed E-state index contributed by atoms with van der Waals surface area (Å²) in [5.74, 6) is 0.932. The van der Waals surface area contributed by atoms with Crippen molar-refractivity contribution in [1.82, 2.24) is 14.5 Å². The number of unbranched alkanes of at least 4 members (excludes halogenated alkanes) is 6. The second kappa shape index (κ2) is 9.83. The highest BCUT2D eigenvalue weighted by Gasteiger charge is 2.22. The van der Waals surface area contributed by atoms with E-state index in [0.717, 1.165) is 48.4 Å². The second-order valence-corrected chi connectivity index (χ2v) is 9.32. The molecule has 0 saturated heterocycles. The Kier molecular flexibility index (Phi) is 7.48. The minimum absolute atomic E-state index is 0.210. The molecular weight excluding hydrogens is 354 g/mol. The summed E-state index contributed by atoms with van der Waals surface area (Å²) in [6, 6.07) is 0. The van der Waals surface area contributed by atoms with Crippen molar-refractivity contribution in [3.05, 3.63) is 26.6 Å². The van der Waals surface area contributed by atoms with Crippen LogP contribution in [0.4, 0.5) is 0 Å². The zero-order chi connectivity index (χ0) is 19.2. The van der Waals surface area contributed by atoms with E-state index in [-0.39, 0.29) is 5.56 Å². The van der Waals surface area contributed by atoms with Gasteiger partial charge in [0.25, 0.3) is 5.56 Å². The summed E-state index contributed by atoms with van der Waals surface area (Å²) in [6.07, 6.45) is 13.5. The Morgan fingerprint density at radius 1 is 1.04 bits per heavy atom. The molecule has 0 atom stereocenters. The molecule has 0 saturated carbocycles. The highest BCUT2D eigenvalue weighted by atomic mass is 32.1. The molecule has 5 heteroatoms. The monoisotopic (exact) mass is 389 g/mol. The Labute approximate surface area is 167 Å². The molecule has 2 heterocycles. The second-order valence-electron chi connectivity index (χ2n) is 8.23. The molecule has 0 aliphatic heterocycles. The molecule has 1 aliphatic rings. The van der Waals surface area contributed by atoms with Crippen LogP contribution < -0.4 is 5.56 Å². The fourth-order valence-electron chi connectivity index (χ4n) is 4.14. The molecule has 150 valence electrons. The van der Waals surface area contributed by atoms with E-state index < -0.39 is 0 Å². The summed E-state index contributed by atoms with van der Waals surface area (Å²) in [6.45, 7) is 3.79. The van der Waals surface area contributed by atoms with Crippen LogP contribution in [0.2, 0.25) is 0 Å². The molecule has 0 fully saturated rings. The third-order valence-electron chi connectivity index (χ3n) is 5.60. The van der Waals surface area contributed by atoms with Gasteiger partial charge < -0.3 is 4.90 Å². The highest BCUT2D eigenvalue weighted by Crippen LogP contribution is 2.33. The Bertz CT molecular complexity index is 806. The first kappa shape index (κ1) is 20.5. The molecular formula is C22H35N3OS. The maximum atomic E-state index is 13.4. The van der Waals surface area contributed by atoms with Crippen molar-refractivity contribution >= 4 is 21.6 Å². The largest absolute Gasteiger partial charge is 0.302 e. The predicted molar refractivity (Wildman–Crippen MR) is 116 cm³/mol. The Balaban J connectivity index is 1.80. The van der Waals surface area contributed by atoms with Crippen molar-refractivity contribution in [1.29, 1.82) is 0 Å². The third-order valence-corrected chi connectivity index (χ3v) is 6.78. The van der Waals surface area contributed by atoms with Gasteiger partial charge in [-0.1, -0.05) is 45.4 Å². The van der Waals surface area contributed by atoms with Crippen molar-refractivity contribution in [2.24, 2.45) is 0 Å². The standard InChI is InChI=1S/C22H35N3OS/c1-4-5-6-7-8-9-12-15-25-19(16-24(2)3)23-21-20(22(25)26)17-13-10-11-14-18(17)27-21/h4-16H2,1-3H3. The van der Waals surface area contributed by atoms with Gasteiger partial charge >= 0.3 is 0 Å². The van der Waals surface area contributed by atoms with E-state index in [1.165, 1.54) is 61.8 Å². The fraction of sp³-hybridized carbons (Fsp3) is 0.727. The van der Waals surface area contributed by atoms with Crippen LogP contribution in [-0.2, 0) is 25.9 Å². The topological polar surface area (TPSA) is 38.1 Å². The summed E-state index contributed by atoms with van der Waals surface area (Å²) in [5, 5.41) is 0.931. The van der Waals surface area contributed by atoms with E-state index in [9.17, 15) is 4.79 Å². The van der Waals surface area contributed by atoms with Crippen LogP contribution >= 0.6 is 11.3 Å². The van der Waals surface area contributed by atoms with Crippen molar-refractivity contribution < 1.29 is 0 Å². The molecule has 0 bridgehead atoms. The van der Waals surface area contributed by atoms with E-state index in [1.807, 2.05) is 18.7 Å². The average Bonchev–Trinajstić information content (AvgIpc) is 3.01. The van der Waals surface area contributed by atoms with Crippen LogP contribution in [0.1, 0.15) is 81.0 Å². The lowest BCUT2D eigenvalue weighted by molar-refractivity contribution is 0.374. The van der Waals surface area contributed by atoms with Gasteiger partial charge in [-0.25, -0.2) is 4.98 Å². The fourth-order valence-corrected chi connectivity index (χ4v) is 5.41. The zero-order valence-electron chi connectivity index (χ0n) is 17.4. The van der Waals surface area contributed by atoms with Gasteiger partial charge in [-0.15, -0.1) is 11.3 Å². The van der Waals surface area contributed by atoms with Gasteiger partial charge in [0.15, 0.2) is 0 Å². The van der Waals surface area contributed by atoms with Crippen LogP contribution in [0, 0.1) is 0 Å². The SMILES string of the molecule is CCCCCCCCCn1c(CN(C)C)nc2sc3c(c2c1=O)CCCC3. The van der Waals surface area contributed by atoms with Gasteiger partial charge in [0.2, 0.25) is 0 Å². The molecule has 0 unspecified atom stereocenters. The van der Waals surface area contributed by atoms with Gasteiger partial charge in [-0.3, -0.25) is 9.36 Å². The van der Waals surface area contributed by atoms with E-state index in [1.54, 1.807) is 11.3 Å². The minimum atomic E-state index is 0.210. The first-order valence-corrected chi connectivity index (χ1v) is 11.6. The van der Waals surface area contributed by atoms with E-state index in [4.69, 9.17) is 4.98 Å². The molecule has 3 rings (SSSR count). The van der Waals surface area contributed by atoms with Gasteiger partial charge in [-0.05, 0) is 51.8 Å². The molecule has 2 aromatic heterocycles. The summed E-state index contributed by atoms with van der Waals surface area (Å²) in [5.41, 5.74) is 1.52. The summed E-state index contributed by atoms with van der Waals surface area (Å²) in [7, 11) is 4.10. The number of rotatable bonds is 10. The quantitative estimate of drug-likeness (QED) is 0.528. The predicted octanol–water partition coefficient (Wildman–Crippen LogP) is 5.15. The molecule has 0 aromatic carbocycles. The summed E-state index contributed by atoms with van der Waals surface area (Å²) >= 11 is 1.76. The molecule has 1 aliphatic carbocycles. The minimum Gasteiger partial charge on any atom is -0.302 e. The lowest BCUT2D eigenvalue weighted by Gasteiger charge is -2.16. The van der Waals surface area contributed by atoms with Crippen LogP contribution in [0.3, 0.4) is 0 Å². The average molecular weight is 390 g/mol. The molecule has 0 amide bonds. The lowest BCUT2D eigenvalue weighted by atomic mass is 9.97. The summed E-state index contributed by atoms with van der Waals surface area (Å²) in [4.78, 5) is 22.8. The number of aryl methyl sites for hydroxylation is 2. The van der Waals surface area contributed by atoms with Gasteiger partial charge in [-0.2, -0.15) is 0 Å². The molecule has 4 nitrogen and oxygen atoms in total. The number of thiophene rings is 1. The molecule has 27 heavy (non-hydrogen) atoms. The maximum Gasteiger partial charge on any atom is 0.262 e. The van der Waals surface area contributed by atoms with E-state index >= 15 is 0 Å². The zero-order valence-corrected chi connectivity index (χ0v) is 18.2. The summed E-state index contributed by atoms with van der Waals surface area (Å²) < 4.78 is 1.98. The molecule has 0 radical (unpaired) electrons. The molecule has 0 spiro atoms. The number of fused-ring (bicyclic) bond motifs is 3. The number of hydrogen-bond acceptors (Lipinski definition) is 4. The highest BCUT2D eigenvalue weighted by molar-refractivity contribution is 7.18. The van der Waals surface area contributed by atoms with Crippen LogP contribution in [0.15, 0.2) is 4.79 Å². The van der Waals surface area contributed by atoms with Crippen molar-refractivity contribution in [3.8, 4) is 0 Å². The normalized spacial score (nSPS) is 14.2. The Hall–Kier alpha value is -1.20. The lowest BCUT2D eigenvalue weighted by Crippen LogP contribution is -2.28. The van der Waals surface area contributed by atoms with E-state index in [0.29, 0.717) is 0 Å². The first-order chi connectivity index (χ1) is 13.1. The van der Waals surface area contributed by atoms with Gasteiger partial charge in [0.1, 0.15) is 10.7 Å². The Morgan fingerprint density at radius 3 is 2.48 bits per heavy atom. The van der Waals surface area contributed by atoms with Crippen LogP contribution in [0.5, 0.6) is 0 Å². The molecule has 0 N–H and O–H groups in total. The number of aromatic nitrogens is 2.